The van der Waals surface area contributed by atoms with Crippen LogP contribution in [-0.2, 0) is 4.74 Å². The van der Waals surface area contributed by atoms with Crippen LogP contribution in [0, 0.1) is 0 Å². The molecule has 1 aliphatic rings. The van der Waals surface area contributed by atoms with Gasteiger partial charge < -0.3 is 9.64 Å². The highest BCUT2D eigenvalue weighted by molar-refractivity contribution is 6.01. The first-order valence-electron chi connectivity index (χ1n) is 5.84. The van der Waals surface area contributed by atoms with Gasteiger partial charge in [0, 0.05) is 24.2 Å². The van der Waals surface area contributed by atoms with Gasteiger partial charge in [-0.15, -0.1) is 0 Å². The van der Waals surface area contributed by atoms with Crippen LogP contribution in [0.1, 0.15) is 23.7 Å². The number of Topliss-reactive ketones (excluding diaryl/α,β-unsaturated/α-hetero) is 1. The van der Waals surface area contributed by atoms with Gasteiger partial charge in [0.15, 0.2) is 12.1 Å². The molecule has 4 heteroatoms. The Morgan fingerprint density at radius 1 is 1.53 bits per heavy atom. The number of para-hydroxylation sites is 1. The van der Waals surface area contributed by atoms with E-state index in [2.05, 4.69) is 0 Å². The van der Waals surface area contributed by atoms with E-state index in [1.807, 2.05) is 13.0 Å². The fourth-order valence-electron chi connectivity index (χ4n) is 2.00. The number of carbonyl (C=O) groups is 1. The molecule has 3 nitrogen and oxygen atoms in total. The van der Waals surface area contributed by atoms with Gasteiger partial charge in [0.05, 0.1) is 13.2 Å². The standard InChI is InChI=1S/C13H16FNO2/c1-2-12(16)10-5-3-4-6-11(10)15-7-8-17-9-13(15)14/h3-6,13H,2,7-9H2,1H3. The highest BCUT2D eigenvalue weighted by Crippen LogP contribution is 2.25. The normalized spacial score (nSPS) is 20.4. The van der Waals surface area contributed by atoms with E-state index in [0.717, 1.165) is 0 Å². The first-order valence-corrected chi connectivity index (χ1v) is 5.84. The lowest BCUT2D eigenvalue weighted by molar-refractivity contribution is 0.0495. The van der Waals surface area contributed by atoms with E-state index >= 15 is 0 Å². The molecule has 0 amide bonds. The Morgan fingerprint density at radius 2 is 2.29 bits per heavy atom. The SMILES string of the molecule is CCC(=O)c1ccccc1N1CCOCC1F. The third-order valence-electron chi connectivity index (χ3n) is 2.91. The second-order valence-corrected chi connectivity index (χ2v) is 4.00. The average Bonchev–Trinajstić information content (AvgIpc) is 2.38. The third kappa shape index (κ3) is 2.47. The molecule has 1 aromatic carbocycles. The molecule has 1 aromatic rings. The van der Waals surface area contributed by atoms with Gasteiger partial charge >= 0.3 is 0 Å². The monoisotopic (exact) mass is 237 g/mol. The van der Waals surface area contributed by atoms with Crippen molar-refractivity contribution in [1.82, 2.24) is 0 Å². The molecule has 0 radical (unpaired) electrons. The molecule has 1 fully saturated rings. The second kappa shape index (κ2) is 5.27. The third-order valence-corrected chi connectivity index (χ3v) is 2.91. The van der Waals surface area contributed by atoms with Gasteiger partial charge in [-0.2, -0.15) is 0 Å². The number of rotatable bonds is 3. The summed E-state index contributed by atoms with van der Waals surface area (Å²) in [7, 11) is 0. The number of hydrogen-bond acceptors (Lipinski definition) is 3. The molecule has 1 atom stereocenters. The lowest BCUT2D eigenvalue weighted by Gasteiger charge is -2.33. The Labute approximate surface area is 100 Å². The summed E-state index contributed by atoms with van der Waals surface area (Å²) in [5.41, 5.74) is 1.27. The minimum absolute atomic E-state index is 0.0410. The summed E-state index contributed by atoms with van der Waals surface area (Å²) in [5.74, 6) is 0.0410. The van der Waals surface area contributed by atoms with Crippen molar-refractivity contribution < 1.29 is 13.9 Å². The molecule has 92 valence electrons. The van der Waals surface area contributed by atoms with E-state index in [9.17, 15) is 9.18 Å². The lowest BCUT2D eigenvalue weighted by atomic mass is 10.1. The van der Waals surface area contributed by atoms with Gasteiger partial charge in [-0.05, 0) is 12.1 Å². The highest BCUT2D eigenvalue weighted by atomic mass is 19.1. The molecule has 1 unspecified atom stereocenters. The number of alkyl halides is 1. The summed E-state index contributed by atoms with van der Waals surface area (Å²) >= 11 is 0. The van der Waals surface area contributed by atoms with Crippen LogP contribution in [0.3, 0.4) is 0 Å². The number of morpholine rings is 1. The minimum atomic E-state index is -1.17. The Hall–Kier alpha value is -1.42. The summed E-state index contributed by atoms with van der Waals surface area (Å²) in [6.45, 7) is 2.85. The van der Waals surface area contributed by atoms with Crippen molar-refractivity contribution in [2.45, 2.75) is 19.6 Å². The summed E-state index contributed by atoms with van der Waals surface area (Å²) < 4.78 is 18.8. The molecule has 0 aromatic heterocycles. The number of ketones is 1. The van der Waals surface area contributed by atoms with E-state index in [1.54, 1.807) is 23.1 Å². The van der Waals surface area contributed by atoms with Crippen LogP contribution in [0.25, 0.3) is 0 Å². The summed E-state index contributed by atoms with van der Waals surface area (Å²) in [6, 6.07) is 7.17. The molecular weight excluding hydrogens is 221 g/mol. The first-order chi connectivity index (χ1) is 8.24. The Bertz CT molecular complexity index is 408. The average molecular weight is 237 g/mol. The molecule has 2 rings (SSSR count). The van der Waals surface area contributed by atoms with Crippen LogP contribution in [-0.4, -0.2) is 31.8 Å². The number of anilines is 1. The van der Waals surface area contributed by atoms with Crippen LogP contribution >= 0.6 is 0 Å². The van der Waals surface area contributed by atoms with E-state index in [1.165, 1.54) is 0 Å². The first kappa shape index (κ1) is 12.0. The molecule has 0 saturated carbocycles. The maximum atomic E-state index is 13.8. The van der Waals surface area contributed by atoms with Crippen molar-refractivity contribution in [1.29, 1.82) is 0 Å². The van der Waals surface area contributed by atoms with E-state index in [4.69, 9.17) is 4.74 Å². The molecule has 1 heterocycles. The predicted octanol–water partition coefficient (Wildman–Crippen LogP) is 2.41. The quantitative estimate of drug-likeness (QED) is 0.597. The Balaban J connectivity index is 2.33. The number of nitrogens with zero attached hydrogens (tertiary/aromatic N) is 1. The molecule has 0 spiro atoms. The van der Waals surface area contributed by atoms with Crippen molar-refractivity contribution in [2.24, 2.45) is 0 Å². The van der Waals surface area contributed by atoms with Crippen LogP contribution < -0.4 is 4.90 Å². The number of carbonyl (C=O) groups excluding carboxylic acids is 1. The van der Waals surface area contributed by atoms with Gasteiger partial charge in [0.25, 0.3) is 0 Å². The number of halogens is 1. The van der Waals surface area contributed by atoms with Gasteiger partial charge in [-0.1, -0.05) is 19.1 Å². The summed E-state index contributed by atoms with van der Waals surface area (Å²) in [6.07, 6.45) is -0.743. The van der Waals surface area contributed by atoms with Crippen LogP contribution in [0.15, 0.2) is 24.3 Å². The Kier molecular flexibility index (Phi) is 3.74. The van der Waals surface area contributed by atoms with Crippen molar-refractivity contribution in [3.63, 3.8) is 0 Å². The minimum Gasteiger partial charge on any atom is -0.375 e. The van der Waals surface area contributed by atoms with Crippen molar-refractivity contribution in [3.8, 4) is 0 Å². The topological polar surface area (TPSA) is 29.5 Å². The molecular formula is C13H16FNO2. The molecule has 1 aliphatic heterocycles. The zero-order chi connectivity index (χ0) is 12.3. The number of ether oxygens (including phenoxy) is 1. The molecule has 0 aliphatic carbocycles. The van der Waals surface area contributed by atoms with E-state index in [0.29, 0.717) is 30.8 Å². The number of hydrogen-bond donors (Lipinski definition) is 0. The van der Waals surface area contributed by atoms with Crippen molar-refractivity contribution in [3.05, 3.63) is 29.8 Å². The molecule has 0 N–H and O–H groups in total. The van der Waals surface area contributed by atoms with Crippen LogP contribution in [0.5, 0.6) is 0 Å². The smallest absolute Gasteiger partial charge is 0.196 e. The van der Waals surface area contributed by atoms with Gasteiger partial charge in [-0.25, -0.2) is 4.39 Å². The van der Waals surface area contributed by atoms with Gasteiger partial charge in [-0.3, -0.25) is 4.79 Å². The largest absolute Gasteiger partial charge is 0.375 e. The maximum Gasteiger partial charge on any atom is 0.196 e. The summed E-state index contributed by atoms with van der Waals surface area (Å²) in [5, 5.41) is 0. The second-order valence-electron chi connectivity index (χ2n) is 4.00. The highest BCUT2D eigenvalue weighted by Gasteiger charge is 2.25. The fraction of sp³-hybridized carbons (Fsp3) is 0.462. The molecule has 17 heavy (non-hydrogen) atoms. The van der Waals surface area contributed by atoms with E-state index < -0.39 is 6.30 Å². The Morgan fingerprint density at radius 3 is 3.00 bits per heavy atom. The van der Waals surface area contributed by atoms with E-state index in [-0.39, 0.29) is 12.4 Å². The van der Waals surface area contributed by atoms with Crippen molar-refractivity contribution >= 4 is 11.5 Å². The lowest BCUT2D eigenvalue weighted by Crippen LogP contribution is -2.43. The van der Waals surface area contributed by atoms with Gasteiger partial charge in [0.2, 0.25) is 0 Å². The summed E-state index contributed by atoms with van der Waals surface area (Å²) in [4.78, 5) is 13.4. The van der Waals surface area contributed by atoms with Crippen molar-refractivity contribution in [2.75, 3.05) is 24.7 Å². The van der Waals surface area contributed by atoms with Crippen LogP contribution in [0.4, 0.5) is 10.1 Å². The maximum absolute atomic E-state index is 13.8. The zero-order valence-electron chi connectivity index (χ0n) is 9.86. The molecule has 1 saturated heterocycles. The predicted molar refractivity (Wildman–Crippen MR) is 64.1 cm³/mol. The van der Waals surface area contributed by atoms with Gasteiger partial charge in [0.1, 0.15) is 0 Å². The fourth-order valence-corrected chi connectivity index (χ4v) is 2.00. The molecule has 0 bridgehead atoms. The number of benzene rings is 1. The van der Waals surface area contributed by atoms with Crippen LogP contribution in [0.2, 0.25) is 0 Å². The zero-order valence-corrected chi connectivity index (χ0v) is 9.86.